The molecule has 1 aromatic rings. The van der Waals surface area contributed by atoms with E-state index in [2.05, 4.69) is 19.1 Å². The molecular formula is C19H32O2. The lowest BCUT2D eigenvalue weighted by Crippen LogP contribution is -2.32. The summed E-state index contributed by atoms with van der Waals surface area (Å²) >= 11 is 0. The molecule has 0 amide bonds. The summed E-state index contributed by atoms with van der Waals surface area (Å²) in [5.41, 5.74) is 0.841. The maximum atomic E-state index is 9.75. The number of aliphatic hydroxyl groups excluding tert-OH is 2. The Morgan fingerprint density at radius 2 is 1.38 bits per heavy atom. The monoisotopic (exact) mass is 292 g/mol. The smallest absolute Gasteiger partial charge is 0.0512 e. The van der Waals surface area contributed by atoms with Crippen molar-refractivity contribution < 1.29 is 10.2 Å². The van der Waals surface area contributed by atoms with Crippen LogP contribution in [0.2, 0.25) is 0 Å². The Morgan fingerprint density at radius 1 is 0.810 bits per heavy atom. The van der Waals surface area contributed by atoms with Crippen LogP contribution in [0.3, 0.4) is 0 Å². The first-order valence-corrected chi connectivity index (χ1v) is 8.52. The Hall–Kier alpha value is -0.860. The van der Waals surface area contributed by atoms with E-state index >= 15 is 0 Å². The highest BCUT2D eigenvalue weighted by Crippen LogP contribution is 2.29. The van der Waals surface area contributed by atoms with Crippen LogP contribution in [0.1, 0.15) is 63.9 Å². The van der Waals surface area contributed by atoms with Gasteiger partial charge in [-0.3, -0.25) is 0 Å². The Kier molecular flexibility index (Phi) is 9.36. The number of unbranched alkanes of at least 4 members (excludes halogenated alkanes) is 6. The van der Waals surface area contributed by atoms with Gasteiger partial charge in [-0.2, -0.15) is 0 Å². The van der Waals surface area contributed by atoms with E-state index in [1.165, 1.54) is 44.1 Å². The van der Waals surface area contributed by atoms with Gasteiger partial charge in [-0.15, -0.1) is 0 Å². The molecule has 0 aromatic heterocycles. The summed E-state index contributed by atoms with van der Waals surface area (Å²) in [5, 5.41) is 19.5. The topological polar surface area (TPSA) is 40.5 Å². The fourth-order valence-corrected chi connectivity index (χ4v) is 2.89. The van der Waals surface area contributed by atoms with Crippen LogP contribution in [0.5, 0.6) is 0 Å². The van der Waals surface area contributed by atoms with Crippen LogP contribution in [0, 0.1) is 5.41 Å². The van der Waals surface area contributed by atoms with Crippen molar-refractivity contribution >= 4 is 0 Å². The molecule has 120 valence electrons. The molecule has 0 unspecified atom stereocenters. The molecule has 0 atom stereocenters. The van der Waals surface area contributed by atoms with Crippen molar-refractivity contribution in [1.29, 1.82) is 0 Å². The van der Waals surface area contributed by atoms with Gasteiger partial charge in [0, 0.05) is 5.41 Å². The second-order valence-corrected chi connectivity index (χ2v) is 6.35. The van der Waals surface area contributed by atoms with Gasteiger partial charge < -0.3 is 10.2 Å². The summed E-state index contributed by atoms with van der Waals surface area (Å²) in [6.45, 7) is 2.36. The van der Waals surface area contributed by atoms with Crippen molar-refractivity contribution in [3.63, 3.8) is 0 Å². The third kappa shape index (κ3) is 7.10. The zero-order valence-corrected chi connectivity index (χ0v) is 13.6. The molecular weight excluding hydrogens is 260 g/mol. The van der Waals surface area contributed by atoms with Crippen molar-refractivity contribution in [3.8, 4) is 0 Å². The van der Waals surface area contributed by atoms with E-state index in [0.717, 1.165) is 19.3 Å². The Labute approximate surface area is 130 Å². The average Bonchev–Trinajstić information content (AvgIpc) is 2.54. The van der Waals surface area contributed by atoms with Gasteiger partial charge in [0.2, 0.25) is 0 Å². The Bertz CT molecular complexity index is 344. The zero-order chi connectivity index (χ0) is 15.4. The molecule has 0 aliphatic carbocycles. The van der Waals surface area contributed by atoms with Crippen LogP contribution < -0.4 is 0 Å². The lowest BCUT2D eigenvalue weighted by atomic mass is 9.78. The quantitative estimate of drug-likeness (QED) is 0.563. The standard InChI is InChI=1S/C19H32O2/c1-2-3-4-5-6-7-11-14-19(16-20,17-21)15-18-12-9-8-10-13-18/h8-10,12-13,20-21H,2-7,11,14-17H2,1H3. The molecule has 1 aromatic carbocycles. The molecule has 2 N–H and O–H groups in total. The fraction of sp³-hybridized carbons (Fsp3) is 0.684. The van der Waals surface area contributed by atoms with Crippen LogP contribution in [-0.2, 0) is 6.42 Å². The zero-order valence-electron chi connectivity index (χ0n) is 13.6. The van der Waals surface area contributed by atoms with Gasteiger partial charge in [0.1, 0.15) is 0 Å². The predicted octanol–water partition coefficient (Wildman–Crippen LogP) is 4.34. The van der Waals surface area contributed by atoms with Gasteiger partial charge >= 0.3 is 0 Å². The van der Waals surface area contributed by atoms with Gasteiger partial charge in [-0.05, 0) is 18.4 Å². The van der Waals surface area contributed by atoms with Crippen molar-refractivity contribution in [2.24, 2.45) is 5.41 Å². The summed E-state index contributed by atoms with van der Waals surface area (Å²) in [6.07, 6.45) is 10.5. The second kappa shape index (κ2) is 10.8. The summed E-state index contributed by atoms with van der Waals surface area (Å²) in [6, 6.07) is 10.2. The maximum Gasteiger partial charge on any atom is 0.0512 e. The maximum absolute atomic E-state index is 9.75. The van der Waals surface area contributed by atoms with Crippen LogP contribution in [0.15, 0.2) is 30.3 Å². The molecule has 0 heterocycles. The number of aliphatic hydroxyl groups is 2. The minimum absolute atomic E-state index is 0.0637. The number of hydrogen-bond acceptors (Lipinski definition) is 2. The van der Waals surface area contributed by atoms with E-state index in [0.29, 0.717) is 0 Å². The summed E-state index contributed by atoms with van der Waals surface area (Å²) in [5.74, 6) is 0. The normalized spacial score (nSPS) is 11.8. The lowest BCUT2D eigenvalue weighted by Gasteiger charge is -2.30. The number of benzene rings is 1. The minimum atomic E-state index is -0.356. The highest BCUT2D eigenvalue weighted by Gasteiger charge is 2.28. The van der Waals surface area contributed by atoms with Gasteiger partial charge in [0.05, 0.1) is 13.2 Å². The van der Waals surface area contributed by atoms with Gasteiger partial charge in [0.25, 0.3) is 0 Å². The lowest BCUT2D eigenvalue weighted by molar-refractivity contribution is 0.0449. The third-order valence-corrected chi connectivity index (χ3v) is 4.40. The molecule has 0 saturated carbocycles. The largest absolute Gasteiger partial charge is 0.396 e. The summed E-state index contributed by atoms with van der Waals surface area (Å²) < 4.78 is 0. The van der Waals surface area contributed by atoms with E-state index in [-0.39, 0.29) is 18.6 Å². The first-order valence-electron chi connectivity index (χ1n) is 8.52. The van der Waals surface area contributed by atoms with Crippen molar-refractivity contribution in [2.45, 2.75) is 64.7 Å². The average molecular weight is 292 g/mol. The van der Waals surface area contributed by atoms with Gasteiger partial charge in [-0.1, -0.05) is 82.2 Å². The fourth-order valence-electron chi connectivity index (χ4n) is 2.89. The molecule has 2 nitrogen and oxygen atoms in total. The van der Waals surface area contributed by atoms with Crippen LogP contribution >= 0.6 is 0 Å². The highest BCUT2D eigenvalue weighted by molar-refractivity contribution is 5.16. The highest BCUT2D eigenvalue weighted by atomic mass is 16.3. The third-order valence-electron chi connectivity index (χ3n) is 4.40. The van der Waals surface area contributed by atoms with E-state index in [4.69, 9.17) is 0 Å². The molecule has 0 aliphatic rings. The number of hydrogen-bond donors (Lipinski definition) is 2. The molecule has 0 radical (unpaired) electrons. The van der Waals surface area contributed by atoms with Crippen molar-refractivity contribution in [2.75, 3.05) is 13.2 Å². The Balaban J connectivity index is 2.35. The molecule has 0 fully saturated rings. The molecule has 21 heavy (non-hydrogen) atoms. The summed E-state index contributed by atoms with van der Waals surface area (Å²) in [7, 11) is 0. The van der Waals surface area contributed by atoms with E-state index in [1.54, 1.807) is 0 Å². The predicted molar refractivity (Wildman–Crippen MR) is 89.4 cm³/mol. The second-order valence-electron chi connectivity index (χ2n) is 6.35. The van der Waals surface area contributed by atoms with Crippen LogP contribution in [-0.4, -0.2) is 23.4 Å². The van der Waals surface area contributed by atoms with Crippen molar-refractivity contribution in [3.05, 3.63) is 35.9 Å². The van der Waals surface area contributed by atoms with Crippen molar-refractivity contribution in [1.82, 2.24) is 0 Å². The summed E-state index contributed by atoms with van der Waals surface area (Å²) in [4.78, 5) is 0. The van der Waals surface area contributed by atoms with Crippen LogP contribution in [0.25, 0.3) is 0 Å². The van der Waals surface area contributed by atoms with E-state index < -0.39 is 0 Å². The van der Waals surface area contributed by atoms with E-state index in [1.807, 2.05) is 18.2 Å². The molecule has 0 spiro atoms. The minimum Gasteiger partial charge on any atom is -0.396 e. The van der Waals surface area contributed by atoms with Crippen LogP contribution in [0.4, 0.5) is 0 Å². The SMILES string of the molecule is CCCCCCCCCC(CO)(CO)Cc1ccccc1. The molecule has 2 heteroatoms. The molecule has 0 aliphatic heterocycles. The molecule has 1 rings (SSSR count). The van der Waals surface area contributed by atoms with Gasteiger partial charge in [-0.25, -0.2) is 0 Å². The van der Waals surface area contributed by atoms with E-state index in [9.17, 15) is 10.2 Å². The van der Waals surface area contributed by atoms with Gasteiger partial charge in [0.15, 0.2) is 0 Å². The molecule has 0 saturated heterocycles. The Morgan fingerprint density at radius 3 is 1.95 bits per heavy atom. The number of rotatable bonds is 12. The first-order chi connectivity index (χ1) is 10.3. The molecule has 0 bridgehead atoms. The first kappa shape index (κ1) is 18.2.